The molecule has 1 aliphatic rings. The Morgan fingerprint density at radius 1 is 1.39 bits per heavy atom. The average molecular weight is 246 g/mol. The molecule has 3 heteroatoms. The van der Waals surface area contributed by atoms with Gasteiger partial charge >= 0.3 is 0 Å². The molecule has 98 valence electrons. The predicted molar refractivity (Wildman–Crippen MR) is 72.2 cm³/mol. The van der Waals surface area contributed by atoms with E-state index in [1.54, 1.807) is 6.20 Å². The largest absolute Gasteiger partial charge is 0.298 e. The van der Waals surface area contributed by atoms with Crippen LogP contribution in [0.5, 0.6) is 0 Å². The fraction of sp³-hybridized carbons (Fsp3) is 0.600. The molecule has 2 rings (SSSR count). The highest BCUT2D eigenvalue weighted by Gasteiger charge is 2.21. The van der Waals surface area contributed by atoms with Gasteiger partial charge in [-0.1, -0.05) is 25.3 Å². The molecule has 0 aliphatic heterocycles. The highest BCUT2D eigenvalue weighted by Crippen LogP contribution is 2.24. The number of carbonyl (C=O) groups excluding carboxylic acids is 1. The summed E-state index contributed by atoms with van der Waals surface area (Å²) in [5.41, 5.74) is 1.16. The number of hydrogen-bond donors (Lipinski definition) is 0. The van der Waals surface area contributed by atoms with Gasteiger partial charge in [0.15, 0.2) is 0 Å². The van der Waals surface area contributed by atoms with E-state index >= 15 is 0 Å². The summed E-state index contributed by atoms with van der Waals surface area (Å²) in [5, 5.41) is 0. The van der Waals surface area contributed by atoms with Crippen molar-refractivity contribution in [2.75, 3.05) is 13.6 Å². The zero-order valence-corrected chi connectivity index (χ0v) is 11.1. The summed E-state index contributed by atoms with van der Waals surface area (Å²) >= 11 is 0. The van der Waals surface area contributed by atoms with Crippen LogP contribution in [0.3, 0.4) is 0 Å². The molecule has 18 heavy (non-hydrogen) atoms. The smallest absolute Gasteiger partial charge is 0.149 e. The van der Waals surface area contributed by atoms with Gasteiger partial charge in [-0.15, -0.1) is 0 Å². The fourth-order valence-electron chi connectivity index (χ4n) is 2.68. The Balaban J connectivity index is 1.79. The van der Waals surface area contributed by atoms with Gasteiger partial charge in [0.05, 0.1) is 6.54 Å². The number of nitrogens with zero attached hydrogens (tertiary/aromatic N) is 2. The number of Topliss-reactive ketones (excluding diaryl/α,β-unsaturated/α-hetero) is 1. The van der Waals surface area contributed by atoms with Gasteiger partial charge in [0.25, 0.3) is 0 Å². The lowest BCUT2D eigenvalue weighted by molar-refractivity contribution is -0.124. The molecule has 1 aromatic rings. The van der Waals surface area contributed by atoms with E-state index in [-0.39, 0.29) is 0 Å². The van der Waals surface area contributed by atoms with Crippen LogP contribution in [0, 0.1) is 5.92 Å². The molecule has 0 unspecified atom stereocenters. The summed E-state index contributed by atoms with van der Waals surface area (Å²) in [6, 6.07) is 3.99. The number of rotatable bonds is 5. The van der Waals surface area contributed by atoms with E-state index < -0.39 is 0 Å². The number of ketones is 1. The standard InChI is InChI=1S/C15H22N2O/c1-17(11-13-6-5-9-16-10-13)12-15(18)14-7-3-2-4-8-14/h5-6,9-10,14H,2-4,7-8,11-12H2,1H3. The maximum absolute atomic E-state index is 12.1. The van der Waals surface area contributed by atoms with E-state index in [1.807, 2.05) is 19.3 Å². The summed E-state index contributed by atoms with van der Waals surface area (Å²) in [4.78, 5) is 18.3. The minimum atomic E-state index is 0.315. The average Bonchev–Trinajstić information content (AvgIpc) is 2.40. The van der Waals surface area contributed by atoms with Crippen molar-refractivity contribution in [3.05, 3.63) is 30.1 Å². The number of likely N-dealkylation sites (N-methyl/N-ethyl adjacent to an activating group) is 1. The summed E-state index contributed by atoms with van der Waals surface area (Å²) in [7, 11) is 2.01. The molecular formula is C15H22N2O. The van der Waals surface area contributed by atoms with Crippen molar-refractivity contribution in [1.82, 2.24) is 9.88 Å². The van der Waals surface area contributed by atoms with Crippen LogP contribution in [0.4, 0.5) is 0 Å². The molecule has 1 fully saturated rings. The monoisotopic (exact) mass is 246 g/mol. The van der Waals surface area contributed by atoms with Crippen molar-refractivity contribution in [1.29, 1.82) is 0 Å². The first-order chi connectivity index (χ1) is 8.75. The molecule has 1 heterocycles. The number of aromatic nitrogens is 1. The number of carbonyl (C=O) groups is 1. The summed E-state index contributed by atoms with van der Waals surface area (Å²) in [6.07, 6.45) is 9.58. The van der Waals surface area contributed by atoms with Crippen molar-refractivity contribution in [2.24, 2.45) is 5.92 Å². The molecule has 0 atom stereocenters. The topological polar surface area (TPSA) is 33.2 Å². The lowest BCUT2D eigenvalue weighted by atomic mass is 9.86. The second kappa shape index (κ2) is 6.64. The van der Waals surface area contributed by atoms with Gasteiger partial charge in [-0.05, 0) is 31.5 Å². The number of hydrogen-bond acceptors (Lipinski definition) is 3. The highest BCUT2D eigenvalue weighted by atomic mass is 16.1. The lowest BCUT2D eigenvalue weighted by Crippen LogP contribution is -2.31. The van der Waals surface area contributed by atoms with E-state index in [1.165, 1.54) is 19.3 Å². The molecule has 0 saturated heterocycles. The minimum absolute atomic E-state index is 0.315. The second-order valence-corrected chi connectivity index (χ2v) is 5.33. The highest BCUT2D eigenvalue weighted by molar-refractivity contribution is 5.83. The van der Waals surface area contributed by atoms with E-state index in [4.69, 9.17) is 0 Å². The maximum Gasteiger partial charge on any atom is 0.149 e. The Hall–Kier alpha value is -1.22. The Morgan fingerprint density at radius 3 is 2.83 bits per heavy atom. The molecule has 3 nitrogen and oxygen atoms in total. The van der Waals surface area contributed by atoms with Gasteiger partial charge in [0.2, 0.25) is 0 Å². The van der Waals surface area contributed by atoms with Gasteiger partial charge in [0.1, 0.15) is 5.78 Å². The van der Waals surface area contributed by atoms with Crippen molar-refractivity contribution in [2.45, 2.75) is 38.6 Å². The third kappa shape index (κ3) is 3.91. The van der Waals surface area contributed by atoms with E-state index in [2.05, 4.69) is 16.0 Å². The molecule has 0 amide bonds. The SMILES string of the molecule is CN(CC(=O)C1CCCCC1)Cc1cccnc1. The van der Waals surface area contributed by atoms with Gasteiger partial charge in [0, 0.05) is 24.9 Å². The van der Waals surface area contributed by atoms with Crippen LogP contribution in [0.1, 0.15) is 37.7 Å². The van der Waals surface area contributed by atoms with Gasteiger partial charge in [-0.2, -0.15) is 0 Å². The Labute approximate surface area is 109 Å². The quantitative estimate of drug-likeness (QED) is 0.801. The molecule has 1 aliphatic carbocycles. The Kier molecular flexibility index (Phi) is 4.88. The maximum atomic E-state index is 12.1. The van der Waals surface area contributed by atoms with E-state index in [0.29, 0.717) is 18.2 Å². The minimum Gasteiger partial charge on any atom is -0.298 e. The van der Waals surface area contributed by atoms with Gasteiger partial charge < -0.3 is 0 Å². The predicted octanol–water partition coefficient (Wildman–Crippen LogP) is 2.66. The van der Waals surface area contributed by atoms with Crippen LogP contribution in [0.25, 0.3) is 0 Å². The van der Waals surface area contributed by atoms with Gasteiger partial charge in [-0.3, -0.25) is 14.7 Å². The zero-order valence-electron chi connectivity index (χ0n) is 11.1. The first kappa shape index (κ1) is 13.2. The van der Waals surface area contributed by atoms with Crippen LogP contribution in [0.2, 0.25) is 0 Å². The second-order valence-electron chi connectivity index (χ2n) is 5.33. The molecule has 0 spiro atoms. The first-order valence-electron chi connectivity index (χ1n) is 6.86. The zero-order chi connectivity index (χ0) is 12.8. The number of pyridine rings is 1. The first-order valence-corrected chi connectivity index (χ1v) is 6.86. The van der Waals surface area contributed by atoms with Crippen molar-refractivity contribution in [3.63, 3.8) is 0 Å². The molecule has 0 N–H and O–H groups in total. The fourth-order valence-corrected chi connectivity index (χ4v) is 2.68. The van der Waals surface area contributed by atoms with Crippen LogP contribution < -0.4 is 0 Å². The van der Waals surface area contributed by atoms with Crippen LogP contribution in [0.15, 0.2) is 24.5 Å². The van der Waals surface area contributed by atoms with Gasteiger partial charge in [-0.25, -0.2) is 0 Å². The summed E-state index contributed by atoms with van der Waals surface area (Å²) < 4.78 is 0. The summed E-state index contributed by atoms with van der Waals surface area (Å²) in [6.45, 7) is 1.37. The Morgan fingerprint density at radius 2 is 2.17 bits per heavy atom. The lowest BCUT2D eigenvalue weighted by Gasteiger charge is -2.23. The third-order valence-corrected chi connectivity index (χ3v) is 3.66. The van der Waals surface area contributed by atoms with Crippen molar-refractivity contribution < 1.29 is 4.79 Å². The molecule has 0 bridgehead atoms. The van der Waals surface area contributed by atoms with E-state index in [9.17, 15) is 4.79 Å². The summed E-state index contributed by atoms with van der Waals surface area (Å²) in [5.74, 6) is 0.733. The van der Waals surface area contributed by atoms with Crippen molar-refractivity contribution >= 4 is 5.78 Å². The molecule has 0 radical (unpaired) electrons. The molecule has 1 saturated carbocycles. The van der Waals surface area contributed by atoms with Crippen LogP contribution in [-0.4, -0.2) is 29.3 Å². The molecule has 0 aromatic carbocycles. The van der Waals surface area contributed by atoms with Crippen LogP contribution >= 0.6 is 0 Å². The normalized spacial score (nSPS) is 17.0. The molecule has 1 aromatic heterocycles. The molecular weight excluding hydrogens is 224 g/mol. The van der Waals surface area contributed by atoms with Crippen molar-refractivity contribution in [3.8, 4) is 0 Å². The van der Waals surface area contributed by atoms with Crippen LogP contribution in [-0.2, 0) is 11.3 Å². The van der Waals surface area contributed by atoms with E-state index in [0.717, 1.165) is 24.9 Å². The Bertz CT molecular complexity index is 371. The third-order valence-electron chi connectivity index (χ3n) is 3.66.